The van der Waals surface area contributed by atoms with Gasteiger partial charge < -0.3 is 5.73 Å². The van der Waals surface area contributed by atoms with Crippen LogP contribution in [0.2, 0.25) is 0 Å². The van der Waals surface area contributed by atoms with Crippen molar-refractivity contribution in [1.29, 1.82) is 5.26 Å². The minimum Gasteiger partial charge on any atom is -0.384 e. The monoisotopic (exact) mass is 292 g/mol. The van der Waals surface area contributed by atoms with E-state index in [9.17, 15) is 12.8 Å². The summed E-state index contributed by atoms with van der Waals surface area (Å²) in [7, 11) is -4.08. The predicted octanol–water partition coefficient (Wildman–Crippen LogP) is 1.48. The number of aromatic nitrogens is 1. The number of halogens is 1. The predicted molar refractivity (Wildman–Crippen MR) is 70.6 cm³/mol. The van der Waals surface area contributed by atoms with E-state index in [1.54, 1.807) is 0 Å². The van der Waals surface area contributed by atoms with Gasteiger partial charge in [0.05, 0.1) is 11.9 Å². The molecule has 1 aromatic heterocycles. The lowest BCUT2D eigenvalue weighted by atomic mass is 10.2. The quantitative estimate of drug-likeness (QED) is 0.890. The highest BCUT2D eigenvalue weighted by molar-refractivity contribution is 7.92. The Balaban J connectivity index is 2.44. The van der Waals surface area contributed by atoms with Gasteiger partial charge in [-0.1, -0.05) is 6.07 Å². The first-order chi connectivity index (χ1) is 9.44. The van der Waals surface area contributed by atoms with Crippen LogP contribution in [0.5, 0.6) is 0 Å². The van der Waals surface area contributed by atoms with Crippen molar-refractivity contribution in [3.05, 3.63) is 47.9 Å². The molecule has 1 heterocycles. The molecule has 20 heavy (non-hydrogen) atoms. The van der Waals surface area contributed by atoms with Crippen LogP contribution in [-0.2, 0) is 10.0 Å². The summed E-state index contributed by atoms with van der Waals surface area (Å²) in [5.41, 5.74) is 5.01. The van der Waals surface area contributed by atoms with Crippen LogP contribution in [0.15, 0.2) is 41.4 Å². The van der Waals surface area contributed by atoms with Gasteiger partial charge in [-0.2, -0.15) is 5.26 Å². The molecular weight excluding hydrogens is 283 g/mol. The number of nitrogens with two attached hydrogens (primary N) is 1. The summed E-state index contributed by atoms with van der Waals surface area (Å²) in [5.74, 6) is -0.665. The third-order valence-electron chi connectivity index (χ3n) is 2.42. The molecule has 2 rings (SSSR count). The molecule has 1 aromatic carbocycles. The topological polar surface area (TPSA) is 109 Å². The van der Waals surface area contributed by atoms with E-state index in [1.165, 1.54) is 30.5 Å². The first kappa shape index (κ1) is 13.8. The zero-order chi connectivity index (χ0) is 14.8. The van der Waals surface area contributed by atoms with E-state index in [4.69, 9.17) is 11.0 Å². The van der Waals surface area contributed by atoms with Crippen molar-refractivity contribution in [2.45, 2.75) is 4.90 Å². The maximum atomic E-state index is 13.4. The molecule has 0 aliphatic heterocycles. The number of nitriles is 1. The Bertz CT molecular complexity index is 782. The molecule has 0 atom stereocenters. The molecule has 6 nitrogen and oxygen atoms in total. The van der Waals surface area contributed by atoms with Gasteiger partial charge in [-0.25, -0.2) is 17.8 Å². The Kier molecular flexibility index (Phi) is 3.54. The zero-order valence-electron chi connectivity index (χ0n) is 10.0. The average Bonchev–Trinajstić information content (AvgIpc) is 2.41. The standard InChI is InChI=1S/C12H9FN4O2S/c13-10-2-1-3-11(9(10)6-14)20(18,19)17-8-4-5-12(15)16-7-8/h1-5,7,17H,(H2,15,16). The number of pyridine rings is 1. The number of nitrogens with zero attached hydrogens (tertiary/aromatic N) is 2. The molecule has 0 fully saturated rings. The number of nitrogens with one attached hydrogen (secondary N) is 1. The highest BCUT2D eigenvalue weighted by Gasteiger charge is 2.21. The summed E-state index contributed by atoms with van der Waals surface area (Å²) in [6.07, 6.45) is 1.22. The van der Waals surface area contributed by atoms with E-state index in [1.807, 2.05) is 0 Å². The van der Waals surface area contributed by atoms with Gasteiger partial charge in [-0.3, -0.25) is 4.72 Å². The normalized spacial score (nSPS) is 10.8. The van der Waals surface area contributed by atoms with Crippen molar-refractivity contribution in [3.63, 3.8) is 0 Å². The molecular formula is C12H9FN4O2S. The molecule has 102 valence electrons. The number of benzene rings is 1. The molecule has 8 heteroatoms. The maximum absolute atomic E-state index is 13.4. The molecule has 0 spiro atoms. The Morgan fingerprint density at radius 1 is 1.30 bits per heavy atom. The lowest BCUT2D eigenvalue weighted by Gasteiger charge is -2.09. The molecule has 0 saturated heterocycles. The van der Waals surface area contributed by atoms with Gasteiger partial charge >= 0.3 is 0 Å². The largest absolute Gasteiger partial charge is 0.384 e. The minimum atomic E-state index is -4.08. The summed E-state index contributed by atoms with van der Waals surface area (Å²) in [4.78, 5) is 3.30. The lowest BCUT2D eigenvalue weighted by Crippen LogP contribution is -2.15. The lowest BCUT2D eigenvalue weighted by molar-refractivity contribution is 0.593. The van der Waals surface area contributed by atoms with Gasteiger partial charge in [0, 0.05) is 0 Å². The summed E-state index contributed by atoms with van der Waals surface area (Å²) in [5, 5.41) is 8.85. The van der Waals surface area contributed by atoms with Crippen LogP contribution in [0.3, 0.4) is 0 Å². The molecule has 0 saturated carbocycles. The number of anilines is 2. The molecule has 0 bridgehead atoms. The van der Waals surface area contributed by atoms with E-state index in [0.717, 1.165) is 12.1 Å². The van der Waals surface area contributed by atoms with Crippen LogP contribution < -0.4 is 10.5 Å². The van der Waals surface area contributed by atoms with E-state index in [0.29, 0.717) is 0 Å². The highest BCUT2D eigenvalue weighted by atomic mass is 32.2. The van der Waals surface area contributed by atoms with Crippen molar-refractivity contribution in [1.82, 2.24) is 4.98 Å². The van der Waals surface area contributed by atoms with Crippen LogP contribution in [0.25, 0.3) is 0 Å². The van der Waals surface area contributed by atoms with E-state index < -0.39 is 26.3 Å². The van der Waals surface area contributed by atoms with Crippen LogP contribution >= 0.6 is 0 Å². The first-order valence-corrected chi connectivity index (χ1v) is 6.85. The number of hydrogen-bond donors (Lipinski definition) is 2. The molecule has 0 unspecified atom stereocenters. The van der Waals surface area contributed by atoms with E-state index in [-0.39, 0.29) is 11.5 Å². The van der Waals surface area contributed by atoms with Gasteiger partial charge in [-0.15, -0.1) is 0 Å². The molecule has 0 aliphatic carbocycles. The fourth-order valence-corrected chi connectivity index (χ4v) is 2.72. The summed E-state index contributed by atoms with van der Waals surface area (Å²) < 4.78 is 39.9. The average molecular weight is 292 g/mol. The second kappa shape index (κ2) is 5.14. The van der Waals surface area contributed by atoms with Crippen LogP contribution in [0.4, 0.5) is 15.9 Å². The van der Waals surface area contributed by atoms with Gasteiger partial charge in [0.15, 0.2) is 0 Å². The SMILES string of the molecule is N#Cc1c(F)cccc1S(=O)(=O)Nc1ccc(N)nc1. The number of rotatable bonds is 3. The number of hydrogen-bond acceptors (Lipinski definition) is 5. The van der Waals surface area contributed by atoms with Crippen molar-refractivity contribution >= 4 is 21.5 Å². The molecule has 0 radical (unpaired) electrons. The second-order valence-corrected chi connectivity index (χ2v) is 5.45. The third-order valence-corrected chi connectivity index (χ3v) is 3.84. The zero-order valence-corrected chi connectivity index (χ0v) is 10.9. The number of nitrogen functional groups attached to an aromatic ring is 1. The fourth-order valence-electron chi connectivity index (χ4n) is 1.51. The van der Waals surface area contributed by atoms with E-state index >= 15 is 0 Å². The van der Waals surface area contributed by atoms with Crippen LogP contribution in [0, 0.1) is 17.1 Å². The Morgan fingerprint density at radius 3 is 2.65 bits per heavy atom. The van der Waals surface area contributed by atoms with E-state index in [2.05, 4.69) is 9.71 Å². The van der Waals surface area contributed by atoms with Crippen molar-refractivity contribution in [2.75, 3.05) is 10.5 Å². The second-order valence-electron chi connectivity index (χ2n) is 3.80. The van der Waals surface area contributed by atoms with Gasteiger partial charge in [0.1, 0.15) is 28.2 Å². The van der Waals surface area contributed by atoms with Crippen molar-refractivity contribution in [3.8, 4) is 6.07 Å². The summed E-state index contributed by atoms with van der Waals surface area (Å²) in [6, 6.07) is 7.73. The van der Waals surface area contributed by atoms with Crippen molar-refractivity contribution < 1.29 is 12.8 Å². The van der Waals surface area contributed by atoms with Gasteiger partial charge in [0.2, 0.25) is 0 Å². The minimum absolute atomic E-state index is 0.160. The Labute approximate surface area is 114 Å². The van der Waals surface area contributed by atoms with Crippen LogP contribution in [0.1, 0.15) is 5.56 Å². The highest BCUT2D eigenvalue weighted by Crippen LogP contribution is 2.21. The Morgan fingerprint density at radius 2 is 2.05 bits per heavy atom. The maximum Gasteiger partial charge on any atom is 0.263 e. The smallest absolute Gasteiger partial charge is 0.263 e. The number of sulfonamides is 1. The molecule has 2 aromatic rings. The molecule has 0 amide bonds. The fraction of sp³-hybridized carbons (Fsp3) is 0. The first-order valence-electron chi connectivity index (χ1n) is 5.37. The van der Waals surface area contributed by atoms with Gasteiger partial charge in [-0.05, 0) is 24.3 Å². The summed E-state index contributed by atoms with van der Waals surface area (Å²) in [6.45, 7) is 0. The van der Waals surface area contributed by atoms with Crippen molar-refractivity contribution in [2.24, 2.45) is 0 Å². The third kappa shape index (κ3) is 2.67. The summed E-state index contributed by atoms with van der Waals surface area (Å²) >= 11 is 0. The molecule has 3 N–H and O–H groups in total. The molecule has 0 aliphatic rings. The van der Waals surface area contributed by atoms with Crippen LogP contribution in [-0.4, -0.2) is 13.4 Å². The Hall–Kier alpha value is -2.66. The van der Waals surface area contributed by atoms with Gasteiger partial charge in [0.25, 0.3) is 10.0 Å².